The molecule has 7 heteroatoms. The molecule has 126 valence electrons. The van der Waals surface area contributed by atoms with Gasteiger partial charge in [-0.3, -0.25) is 4.79 Å². The summed E-state index contributed by atoms with van der Waals surface area (Å²) in [6, 6.07) is 10.9. The third kappa shape index (κ3) is 3.21. The van der Waals surface area contributed by atoms with Gasteiger partial charge in [0.1, 0.15) is 10.6 Å². The molecule has 1 aromatic heterocycles. The van der Waals surface area contributed by atoms with Crippen LogP contribution in [0.3, 0.4) is 0 Å². The van der Waals surface area contributed by atoms with Crippen molar-refractivity contribution in [2.75, 3.05) is 38.2 Å². The molecule has 1 amide bonds. The van der Waals surface area contributed by atoms with Crippen LogP contribution in [0.5, 0.6) is 5.75 Å². The van der Waals surface area contributed by atoms with Crippen LogP contribution in [0.2, 0.25) is 0 Å². The standard InChI is InChI=1S/C17H18N2O4S/c1-23-13-5-3-2-4-12(13)18-8-10-19(11-9-18)16(20)14-6-7-15(24-14)17(21)22/h2-7H,8-11H2,1H3,(H,21,22). The van der Waals surface area contributed by atoms with Crippen LogP contribution >= 0.6 is 11.3 Å². The fourth-order valence-electron chi connectivity index (χ4n) is 2.77. The van der Waals surface area contributed by atoms with Gasteiger partial charge in [0.15, 0.2) is 0 Å². The number of carboxylic acids is 1. The molecular weight excluding hydrogens is 328 g/mol. The monoisotopic (exact) mass is 346 g/mol. The number of carbonyl (C=O) groups excluding carboxylic acids is 1. The number of anilines is 1. The minimum Gasteiger partial charge on any atom is -0.495 e. The Morgan fingerprint density at radius 1 is 1.04 bits per heavy atom. The molecule has 2 aromatic rings. The number of para-hydroxylation sites is 2. The van der Waals surface area contributed by atoms with E-state index in [1.54, 1.807) is 18.1 Å². The third-order valence-corrected chi connectivity index (χ3v) is 5.08. The zero-order chi connectivity index (χ0) is 17.1. The van der Waals surface area contributed by atoms with Crippen LogP contribution in [-0.4, -0.2) is 55.2 Å². The molecule has 6 nitrogen and oxygen atoms in total. The van der Waals surface area contributed by atoms with Gasteiger partial charge in [-0.2, -0.15) is 0 Å². The van der Waals surface area contributed by atoms with E-state index in [1.807, 2.05) is 24.3 Å². The Labute approximate surface area is 143 Å². The van der Waals surface area contributed by atoms with Gasteiger partial charge in [-0.15, -0.1) is 11.3 Å². The van der Waals surface area contributed by atoms with E-state index in [2.05, 4.69) is 4.90 Å². The Balaban J connectivity index is 1.66. The fraction of sp³-hybridized carbons (Fsp3) is 0.294. The average molecular weight is 346 g/mol. The van der Waals surface area contributed by atoms with Crippen molar-refractivity contribution in [1.82, 2.24) is 4.90 Å². The molecule has 1 aromatic carbocycles. The Bertz CT molecular complexity index is 751. The number of hydrogen-bond donors (Lipinski definition) is 1. The summed E-state index contributed by atoms with van der Waals surface area (Å²) in [5.74, 6) is -0.283. The van der Waals surface area contributed by atoms with Crippen molar-refractivity contribution < 1.29 is 19.4 Å². The first-order valence-corrected chi connectivity index (χ1v) is 8.42. The van der Waals surface area contributed by atoms with E-state index in [1.165, 1.54) is 6.07 Å². The average Bonchev–Trinajstić information content (AvgIpc) is 3.11. The SMILES string of the molecule is COc1ccccc1N1CCN(C(=O)c2ccc(C(=O)O)s2)CC1. The van der Waals surface area contributed by atoms with Gasteiger partial charge in [0.25, 0.3) is 5.91 Å². The maximum absolute atomic E-state index is 12.5. The third-order valence-electron chi connectivity index (χ3n) is 4.02. The Morgan fingerprint density at radius 2 is 1.71 bits per heavy atom. The zero-order valence-corrected chi connectivity index (χ0v) is 14.1. The summed E-state index contributed by atoms with van der Waals surface area (Å²) in [7, 11) is 1.65. The minimum atomic E-state index is -1.000. The summed E-state index contributed by atoms with van der Waals surface area (Å²) < 4.78 is 5.39. The lowest BCUT2D eigenvalue weighted by molar-refractivity contribution is 0.0701. The van der Waals surface area contributed by atoms with Crippen LogP contribution in [0.25, 0.3) is 0 Å². The van der Waals surface area contributed by atoms with Crippen LogP contribution in [0, 0.1) is 0 Å². The van der Waals surface area contributed by atoms with Crippen molar-refractivity contribution >= 4 is 28.9 Å². The van der Waals surface area contributed by atoms with E-state index in [9.17, 15) is 9.59 Å². The van der Waals surface area contributed by atoms with Gasteiger partial charge in [-0.1, -0.05) is 12.1 Å². The second-order valence-corrected chi connectivity index (χ2v) is 6.50. The summed E-state index contributed by atoms with van der Waals surface area (Å²) >= 11 is 1.02. The number of rotatable bonds is 4. The molecule has 0 radical (unpaired) electrons. The summed E-state index contributed by atoms with van der Waals surface area (Å²) in [4.78, 5) is 28.1. The number of thiophene rings is 1. The Morgan fingerprint density at radius 3 is 2.33 bits per heavy atom. The van der Waals surface area contributed by atoms with Crippen LogP contribution in [0.4, 0.5) is 5.69 Å². The number of benzene rings is 1. The molecule has 0 atom stereocenters. The van der Waals surface area contributed by atoms with Gasteiger partial charge in [0, 0.05) is 26.2 Å². The van der Waals surface area contributed by atoms with Crippen molar-refractivity contribution in [2.24, 2.45) is 0 Å². The smallest absolute Gasteiger partial charge is 0.345 e. The number of carboxylic acid groups (broad SMARTS) is 1. The van der Waals surface area contributed by atoms with E-state index in [4.69, 9.17) is 9.84 Å². The summed E-state index contributed by atoms with van der Waals surface area (Å²) in [6.07, 6.45) is 0. The van der Waals surface area contributed by atoms with Gasteiger partial charge in [0.2, 0.25) is 0 Å². The predicted octanol–water partition coefficient (Wildman–Crippen LogP) is 2.42. The summed E-state index contributed by atoms with van der Waals surface area (Å²) in [6.45, 7) is 2.61. The van der Waals surface area contributed by atoms with Crippen LogP contribution in [-0.2, 0) is 0 Å². The van der Waals surface area contributed by atoms with Gasteiger partial charge in [0.05, 0.1) is 17.7 Å². The van der Waals surface area contributed by atoms with E-state index < -0.39 is 5.97 Å². The molecule has 0 aliphatic carbocycles. The number of aromatic carboxylic acids is 1. The van der Waals surface area contributed by atoms with Crippen molar-refractivity contribution in [1.29, 1.82) is 0 Å². The number of carbonyl (C=O) groups is 2. The van der Waals surface area contributed by atoms with Crippen molar-refractivity contribution in [3.8, 4) is 5.75 Å². The number of piperazine rings is 1. The molecule has 0 bridgehead atoms. The molecule has 1 N–H and O–H groups in total. The van der Waals surface area contributed by atoms with Gasteiger partial charge >= 0.3 is 5.97 Å². The van der Waals surface area contributed by atoms with Crippen LogP contribution < -0.4 is 9.64 Å². The first kappa shape index (κ1) is 16.3. The minimum absolute atomic E-state index is 0.104. The quantitative estimate of drug-likeness (QED) is 0.921. The largest absolute Gasteiger partial charge is 0.495 e. The highest BCUT2D eigenvalue weighted by Gasteiger charge is 2.25. The van der Waals surface area contributed by atoms with E-state index in [-0.39, 0.29) is 10.8 Å². The zero-order valence-electron chi connectivity index (χ0n) is 13.3. The number of amides is 1. The Kier molecular flexibility index (Phi) is 4.71. The highest BCUT2D eigenvalue weighted by molar-refractivity contribution is 7.15. The fourth-order valence-corrected chi connectivity index (χ4v) is 3.58. The maximum atomic E-state index is 12.5. The van der Waals surface area contributed by atoms with Gasteiger partial charge in [-0.05, 0) is 24.3 Å². The number of methoxy groups -OCH3 is 1. The topological polar surface area (TPSA) is 70.1 Å². The van der Waals surface area contributed by atoms with E-state index in [0.717, 1.165) is 22.8 Å². The second-order valence-electron chi connectivity index (χ2n) is 5.42. The van der Waals surface area contributed by atoms with Gasteiger partial charge < -0.3 is 19.6 Å². The lowest BCUT2D eigenvalue weighted by atomic mass is 10.2. The van der Waals surface area contributed by atoms with Crippen molar-refractivity contribution in [3.63, 3.8) is 0 Å². The number of ether oxygens (including phenoxy) is 1. The second kappa shape index (κ2) is 6.92. The molecule has 0 saturated carbocycles. The molecule has 0 spiro atoms. The molecule has 1 aliphatic heterocycles. The number of nitrogens with zero attached hydrogens (tertiary/aromatic N) is 2. The first-order valence-electron chi connectivity index (χ1n) is 7.60. The lowest BCUT2D eigenvalue weighted by Gasteiger charge is -2.36. The highest BCUT2D eigenvalue weighted by atomic mass is 32.1. The summed E-state index contributed by atoms with van der Waals surface area (Å²) in [5, 5.41) is 8.97. The lowest BCUT2D eigenvalue weighted by Crippen LogP contribution is -2.48. The molecule has 24 heavy (non-hydrogen) atoms. The molecule has 1 saturated heterocycles. The molecular formula is C17H18N2O4S. The van der Waals surface area contributed by atoms with E-state index in [0.29, 0.717) is 31.1 Å². The van der Waals surface area contributed by atoms with Crippen LogP contribution in [0.15, 0.2) is 36.4 Å². The molecule has 3 rings (SSSR count). The van der Waals surface area contributed by atoms with E-state index >= 15 is 0 Å². The van der Waals surface area contributed by atoms with Crippen LogP contribution in [0.1, 0.15) is 19.3 Å². The molecule has 2 heterocycles. The predicted molar refractivity (Wildman–Crippen MR) is 92.4 cm³/mol. The maximum Gasteiger partial charge on any atom is 0.345 e. The Hall–Kier alpha value is -2.54. The van der Waals surface area contributed by atoms with Gasteiger partial charge in [-0.25, -0.2) is 4.79 Å². The summed E-state index contributed by atoms with van der Waals surface area (Å²) in [5.41, 5.74) is 1.02. The first-order chi connectivity index (χ1) is 11.6. The highest BCUT2D eigenvalue weighted by Crippen LogP contribution is 2.28. The normalized spacial score (nSPS) is 14.5. The number of hydrogen-bond acceptors (Lipinski definition) is 5. The molecule has 1 aliphatic rings. The molecule has 1 fully saturated rings. The van der Waals surface area contributed by atoms with Crippen molar-refractivity contribution in [3.05, 3.63) is 46.2 Å². The molecule has 0 unspecified atom stereocenters. The van der Waals surface area contributed by atoms with Crippen molar-refractivity contribution in [2.45, 2.75) is 0 Å².